The molecule has 0 amide bonds. The van der Waals surface area contributed by atoms with E-state index >= 15 is 0 Å². The van der Waals surface area contributed by atoms with Gasteiger partial charge in [0.05, 0.1) is 0 Å². The third kappa shape index (κ3) is 2.92. The summed E-state index contributed by atoms with van der Waals surface area (Å²) in [5.41, 5.74) is 5.37. The van der Waals surface area contributed by atoms with E-state index in [2.05, 4.69) is 47.1 Å². The number of phenols is 1. The van der Waals surface area contributed by atoms with Crippen molar-refractivity contribution in [2.24, 2.45) is 0 Å². The Labute approximate surface area is 135 Å². The van der Waals surface area contributed by atoms with Gasteiger partial charge in [-0.1, -0.05) is 32.0 Å². The van der Waals surface area contributed by atoms with E-state index < -0.39 is 0 Å². The Morgan fingerprint density at radius 3 is 2.61 bits per heavy atom. The number of nitrogens with zero attached hydrogens (tertiary/aromatic N) is 3. The molecule has 5 nitrogen and oxygen atoms in total. The number of aromatic nitrogens is 3. The third-order valence-electron chi connectivity index (χ3n) is 4.26. The molecule has 1 aromatic heterocycles. The molecule has 0 radical (unpaired) electrons. The van der Waals surface area contributed by atoms with Gasteiger partial charge in [0, 0.05) is 23.2 Å². The zero-order chi connectivity index (χ0) is 16.4. The number of para-hydroxylation sites is 1. The van der Waals surface area contributed by atoms with Crippen molar-refractivity contribution in [3.05, 3.63) is 41.5 Å². The van der Waals surface area contributed by atoms with Crippen molar-refractivity contribution < 1.29 is 5.11 Å². The lowest BCUT2D eigenvalue weighted by molar-refractivity contribution is 0.291. The molecule has 3 aromatic rings. The van der Waals surface area contributed by atoms with Crippen LogP contribution in [0.25, 0.3) is 22.2 Å². The number of phenolic OH excluding ortho intramolecular Hbond substituents is 1. The number of nitrogens with one attached hydrogen (secondary N) is 1. The summed E-state index contributed by atoms with van der Waals surface area (Å²) < 4.78 is 0. The number of H-pyrrole nitrogens is 1. The molecule has 0 aliphatic carbocycles. The molecule has 0 saturated heterocycles. The highest BCUT2D eigenvalue weighted by atomic mass is 16.3. The first-order valence-corrected chi connectivity index (χ1v) is 7.98. The average molecular weight is 310 g/mol. The Hall–Kier alpha value is -2.40. The van der Waals surface area contributed by atoms with E-state index in [0.717, 1.165) is 52.9 Å². The normalized spacial score (nSPS) is 11.5. The van der Waals surface area contributed by atoms with Crippen molar-refractivity contribution >= 4 is 11.0 Å². The van der Waals surface area contributed by atoms with Crippen LogP contribution in [0, 0.1) is 6.92 Å². The standard InChI is InChI=1S/C18H22N4O/c1-4-22(5-2)11-13-9-12(3)10-15(18(13)23)14-7-6-8-16-17(14)20-21-19-16/h6-10,23H,4-5,11H2,1-3H3,(H,19,20,21). The van der Waals surface area contributed by atoms with Crippen molar-refractivity contribution in [3.63, 3.8) is 0 Å². The fourth-order valence-corrected chi connectivity index (χ4v) is 2.95. The first-order valence-electron chi connectivity index (χ1n) is 7.98. The zero-order valence-electron chi connectivity index (χ0n) is 13.8. The van der Waals surface area contributed by atoms with Gasteiger partial charge in [-0.05, 0) is 37.7 Å². The van der Waals surface area contributed by atoms with E-state index in [9.17, 15) is 5.11 Å². The second kappa shape index (κ2) is 6.38. The van der Waals surface area contributed by atoms with Gasteiger partial charge in [-0.3, -0.25) is 4.90 Å². The molecule has 1 heterocycles. The van der Waals surface area contributed by atoms with Crippen LogP contribution in [-0.2, 0) is 6.54 Å². The Kier molecular flexibility index (Phi) is 4.30. The van der Waals surface area contributed by atoms with Crippen LogP contribution in [0.15, 0.2) is 30.3 Å². The van der Waals surface area contributed by atoms with Crippen LogP contribution in [0.1, 0.15) is 25.0 Å². The predicted octanol–water partition coefficient (Wildman–Crippen LogP) is 3.48. The van der Waals surface area contributed by atoms with Crippen LogP contribution in [0.3, 0.4) is 0 Å². The maximum atomic E-state index is 10.8. The van der Waals surface area contributed by atoms with Gasteiger partial charge in [0.1, 0.15) is 16.8 Å². The van der Waals surface area contributed by atoms with Gasteiger partial charge in [-0.25, -0.2) is 0 Å². The minimum atomic E-state index is 0.331. The van der Waals surface area contributed by atoms with Gasteiger partial charge in [0.15, 0.2) is 0 Å². The molecule has 0 atom stereocenters. The summed E-state index contributed by atoms with van der Waals surface area (Å²) in [6.07, 6.45) is 0. The second-order valence-corrected chi connectivity index (χ2v) is 5.78. The van der Waals surface area contributed by atoms with Crippen LogP contribution in [-0.4, -0.2) is 38.5 Å². The minimum Gasteiger partial charge on any atom is -0.507 e. The van der Waals surface area contributed by atoms with Crippen LogP contribution >= 0.6 is 0 Å². The van der Waals surface area contributed by atoms with Crippen molar-refractivity contribution in [3.8, 4) is 16.9 Å². The molecule has 120 valence electrons. The number of rotatable bonds is 5. The highest BCUT2D eigenvalue weighted by Crippen LogP contribution is 2.36. The SMILES string of the molecule is CCN(CC)Cc1cc(C)cc(-c2cccc3n[nH]nc23)c1O. The summed E-state index contributed by atoms with van der Waals surface area (Å²) in [6, 6.07) is 9.88. The summed E-state index contributed by atoms with van der Waals surface area (Å²) in [7, 11) is 0. The topological polar surface area (TPSA) is 65.0 Å². The molecule has 2 N–H and O–H groups in total. The number of aryl methyl sites for hydroxylation is 1. The molecule has 3 rings (SSSR count). The first-order chi connectivity index (χ1) is 11.1. The Morgan fingerprint density at radius 2 is 1.87 bits per heavy atom. The lowest BCUT2D eigenvalue weighted by Gasteiger charge is -2.20. The van der Waals surface area contributed by atoms with E-state index in [1.165, 1.54) is 0 Å². The van der Waals surface area contributed by atoms with E-state index in [1.807, 2.05) is 24.3 Å². The lowest BCUT2D eigenvalue weighted by Crippen LogP contribution is -2.22. The molecular weight excluding hydrogens is 288 g/mol. The maximum Gasteiger partial charge on any atom is 0.127 e. The highest BCUT2D eigenvalue weighted by Gasteiger charge is 2.16. The summed E-state index contributed by atoms with van der Waals surface area (Å²) in [6.45, 7) is 8.97. The Bertz CT molecular complexity index is 821. The molecule has 5 heteroatoms. The third-order valence-corrected chi connectivity index (χ3v) is 4.26. The average Bonchev–Trinajstić information content (AvgIpc) is 3.04. The maximum absolute atomic E-state index is 10.8. The fourth-order valence-electron chi connectivity index (χ4n) is 2.95. The summed E-state index contributed by atoms with van der Waals surface area (Å²) in [5, 5.41) is 21.8. The molecule has 0 aliphatic heterocycles. The molecule has 0 saturated carbocycles. The van der Waals surface area contributed by atoms with Crippen LogP contribution in [0.2, 0.25) is 0 Å². The summed E-state index contributed by atoms with van der Waals surface area (Å²) in [5.74, 6) is 0.331. The molecular formula is C18H22N4O. The smallest absolute Gasteiger partial charge is 0.127 e. The molecule has 0 fully saturated rings. The van der Waals surface area contributed by atoms with E-state index in [-0.39, 0.29) is 0 Å². The quantitative estimate of drug-likeness (QED) is 0.757. The monoisotopic (exact) mass is 310 g/mol. The predicted molar refractivity (Wildman–Crippen MR) is 92.4 cm³/mol. The van der Waals surface area contributed by atoms with Gasteiger partial charge in [0.25, 0.3) is 0 Å². The minimum absolute atomic E-state index is 0.331. The van der Waals surface area contributed by atoms with Gasteiger partial charge >= 0.3 is 0 Å². The van der Waals surface area contributed by atoms with E-state index in [4.69, 9.17) is 0 Å². The van der Waals surface area contributed by atoms with E-state index in [0.29, 0.717) is 5.75 Å². The van der Waals surface area contributed by atoms with Crippen LogP contribution in [0.5, 0.6) is 5.75 Å². The highest BCUT2D eigenvalue weighted by molar-refractivity contribution is 5.93. The Morgan fingerprint density at radius 1 is 1.09 bits per heavy atom. The molecule has 0 aliphatic rings. The number of benzene rings is 2. The van der Waals surface area contributed by atoms with Crippen LogP contribution < -0.4 is 0 Å². The van der Waals surface area contributed by atoms with Crippen molar-refractivity contribution in [2.75, 3.05) is 13.1 Å². The largest absolute Gasteiger partial charge is 0.507 e. The first kappa shape index (κ1) is 15.5. The zero-order valence-corrected chi connectivity index (χ0v) is 13.8. The van der Waals surface area contributed by atoms with Gasteiger partial charge < -0.3 is 5.11 Å². The van der Waals surface area contributed by atoms with Gasteiger partial charge in [0.2, 0.25) is 0 Å². The molecule has 0 bridgehead atoms. The van der Waals surface area contributed by atoms with Crippen molar-refractivity contribution in [2.45, 2.75) is 27.3 Å². The van der Waals surface area contributed by atoms with Crippen molar-refractivity contribution in [1.29, 1.82) is 0 Å². The lowest BCUT2D eigenvalue weighted by atomic mass is 9.97. The van der Waals surface area contributed by atoms with Crippen LogP contribution in [0.4, 0.5) is 0 Å². The number of hydrogen-bond donors (Lipinski definition) is 2. The number of aromatic hydroxyl groups is 1. The van der Waals surface area contributed by atoms with Gasteiger partial charge in [-0.2, -0.15) is 15.4 Å². The Balaban J connectivity index is 2.13. The molecule has 23 heavy (non-hydrogen) atoms. The molecule has 0 spiro atoms. The van der Waals surface area contributed by atoms with Gasteiger partial charge in [-0.15, -0.1) is 0 Å². The number of fused-ring (bicyclic) bond motifs is 1. The fraction of sp³-hybridized carbons (Fsp3) is 0.333. The molecule has 0 unspecified atom stereocenters. The second-order valence-electron chi connectivity index (χ2n) is 5.78. The number of hydrogen-bond acceptors (Lipinski definition) is 4. The summed E-state index contributed by atoms with van der Waals surface area (Å²) in [4.78, 5) is 2.29. The molecule has 2 aromatic carbocycles. The summed E-state index contributed by atoms with van der Waals surface area (Å²) >= 11 is 0. The van der Waals surface area contributed by atoms with Crippen molar-refractivity contribution in [1.82, 2.24) is 20.3 Å². The van der Waals surface area contributed by atoms with E-state index in [1.54, 1.807) is 0 Å². The number of aromatic amines is 1.